The average molecular weight is 439 g/mol. The standard InChI is InChI=1S/C18H21N3O2.HI/c1-22-16-9-8-13(10-17(16)23-2)20-18(19)21-15-11-14(15)12-6-4-3-5-7-12;/h3-10,14-15H,11H2,1-2H3,(H3,19,20,21);1H. The molecule has 1 saturated carbocycles. The third-order valence-electron chi connectivity index (χ3n) is 3.95. The molecule has 2 aromatic carbocycles. The van der Waals surface area contributed by atoms with E-state index in [0.717, 1.165) is 12.1 Å². The highest BCUT2D eigenvalue weighted by Crippen LogP contribution is 2.43. The van der Waals surface area contributed by atoms with Crippen molar-refractivity contribution in [1.82, 2.24) is 0 Å². The van der Waals surface area contributed by atoms with Crippen LogP contribution in [0.15, 0.2) is 53.5 Å². The maximum absolute atomic E-state index is 6.02. The summed E-state index contributed by atoms with van der Waals surface area (Å²) < 4.78 is 10.5. The van der Waals surface area contributed by atoms with Crippen molar-refractivity contribution in [2.45, 2.75) is 18.4 Å². The summed E-state index contributed by atoms with van der Waals surface area (Å²) in [6.07, 6.45) is 1.04. The molecular weight excluding hydrogens is 417 g/mol. The molecule has 0 spiro atoms. The summed E-state index contributed by atoms with van der Waals surface area (Å²) in [6.45, 7) is 0. The number of halogens is 1. The second-order valence-electron chi connectivity index (χ2n) is 5.53. The number of aliphatic imine (C=N–C) groups is 1. The molecule has 2 unspecified atom stereocenters. The molecule has 2 atom stereocenters. The molecule has 0 radical (unpaired) electrons. The molecule has 0 amide bonds. The smallest absolute Gasteiger partial charge is 0.193 e. The number of nitrogens with one attached hydrogen (secondary N) is 1. The molecule has 0 saturated heterocycles. The third kappa shape index (κ3) is 4.31. The summed E-state index contributed by atoms with van der Waals surface area (Å²) in [7, 11) is 3.21. The number of hydrogen-bond donors (Lipinski definition) is 2. The van der Waals surface area contributed by atoms with Crippen LogP contribution in [-0.4, -0.2) is 26.2 Å². The second-order valence-corrected chi connectivity index (χ2v) is 5.53. The number of benzene rings is 2. The third-order valence-corrected chi connectivity index (χ3v) is 3.95. The molecular formula is C18H22IN3O2. The lowest BCUT2D eigenvalue weighted by Crippen LogP contribution is -2.23. The lowest BCUT2D eigenvalue weighted by atomic mass is 10.1. The van der Waals surface area contributed by atoms with Crippen LogP contribution >= 0.6 is 24.0 Å². The van der Waals surface area contributed by atoms with Crippen molar-refractivity contribution in [2.24, 2.45) is 10.7 Å². The zero-order valence-electron chi connectivity index (χ0n) is 13.7. The van der Waals surface area contributed by atoms with Gasteiger partial charge in [-0.2, -0.15) is 0 Å². The van der Waals surface area contributed by atoms with Gasteiger partial charge in [-0.25, -0.2) is 4.99 Å². The molecule has 6 heteroatoms. The van der Waals surface area contributed by atoms with Crippen LogP contribution in [0.5, 0.6) is 11.5 Å². The number of methoxy groups -OCH3 is 2. The lowest BCUT2D eigenvalue weighted by molar-refractivity contribution is 0.355. The number of anilines is 1. The van der Waals surface area contributed by atoms with Crippen molar-refractivity contribution in [3.05, 3.63) is 54.1 Å². The largest absolute Gasteiger partial charge is 0.493 e. The van der Waals surface area contributed by atoms with Crippen molar-refractivity contribution in [3.63, 3.8) is 0 Å². The van der Waals surface area contributed by atoms with E-state index in [1.807, 2.05) is 24.3 Å². The monoisotopic (exact) mass is 439 g/mol. The van der Waals surface area contributed by atoms with Gasteiger partial charge in [-0.15, -0.1) is 24.0 Å². The first-order valence-corrected chi connectivity index (χ1v) is 7.58. The minimum Gasteiger partial charge on any atom is -0.493 e. The Morgan fingerprint density at radius 1 is 1.08 bits per heavy atom. The number of nitrogens with zero attached hydrogens (tertiary/aromatic N) is 1. The van der Waals surface area contributed by atoms with E-state index in [1.165, 1.54) is 5.56 Å². The molecule has 0 aromatic heterocycles. The Hall–Kier alpha value is -1.96. The van der Waals surface area contributed by atoms with E-state index < -0.39 is 0 Å². The van der Waals surface area contributed by atoms with Crippen LogP contribution in [0.2, 0.25) is 0 Å². The highest BCUT2D eigenvalue weighted by Gasteiger charge is 2.38. The molecule has 1 fully saturated rings. The van der Waals surface area contributed by atoms with Crippen molar-refractivity contribution < 1.29 is 9.47 Å². The van der Waals surface area contributed by atoms with Crippen molar-refractivity contribution in [3.8, 4) is 11.5 Å². The van der Waals surface area contributed by atoms with E-state index in [-0.39, 0.29) is 30.0 Å². The zero-order valence-corrected chi connectivity index (χ0v) is 16.1. The zero-order chi connectivity index (χ0) is 16.2. The van der Waals surface area contributed by atoms with Crippen molar-refractivity contribution >= 4 is 35.6 Å². The van der Waals surface area contributed by atoms with E-state index in [1.54, 1.807) is 14.2 Å². The van der Waals surface area contributed by atoms with Gasteiger partial charge in [-0.3, -0.25) is 0 Å². The Morgan fingerprint density at radius 3 is 2.46 bits per heavy atom. The maximum atomic E-state index is 6.02. The first-order chi connectivity index (χ1) is 11.2. The van der Waals surface area contributed by atoms with Crippen LogP contribution in [0.1, 0.15) is 17.9 Å². The van der Waals surface area contributed by atoms with Crippen LogP contribution in [-0.2, 0) is 0 Å². The van der Waals surface area contributed by atoms with E-state index in [2.05, 4.69) is 34.6 Å². The summed E-state index contributed by atoms with van der Waals surface area (Å²) in [4.78, 5) is 4.55. The highest BCUT2D eigenvalue weighted by atomic mass is 127. The Morgan fingerprint density at radius 2 is 1.79 bits per heavy atom. The molecule has 5 nitrogen and oxygen atoms in total. The SMILES string of the molecule is COc1ccc(NC(N)=NC2CC2c2ccccc2)cc1OC.I. The van der Waals surface area contributed by atoms with Crippen molar-refractivity contribution in [2.75, 3.05) is 19.5 Å². The molecule has 1 aliphatic rings. The van der Waals surface area contributed by atoms with E-state index in [4.69, 9.17) is 15.2 Å². The van der Waals surface area contributed by atoms with E-state index in [0.29, 0.717) is 23.4 Å². The highest BCUT2D eigenvalue weighted by molar-refractivity contribution is 14.0. The molecule has 24 heavy (non-hydrogen) atoms. The molecule has 0 heterocycles. The van der Waals surface area contributed by atoms with E-state index >= 15 is 0 Å². The van der Waals surface area contributed by atoms with Gasteiger partial charge < -0.3 is 20.5 Å². The van der Waals surface area contributed by atoms with Crippen LogP contribution in [0.25, 0.3) is 0 Å². The van der Waals surface area contributed by atoms with Gasteiger partial charge in [0.15, 0.2) is 17.5 Å². The second kappa shape index (κ2) is 8.23. The Bertz CT molecular complexity index is 707. The molecule has 0 aliphatic heterocycles. The molecule has 128 valence electrons. The summed E-state index contributed by atoms with van der Waals surface area (Å²) in [5.41, 5.74) is 8.16. The molecule has 1 aliphatic carbocycles. The lowest BCUT2D eigenvalue weighted by Gasteiger charge is -2.10. The minimum atomic E-state index is 0. The topological polar surface area (TPSA) is 68.9 Å². The van der Waals surface area contributed by atoms with Crippen LogP contribution in [0.3, 0.4) is 0 Å². The van der Waals surface area contributed by atoms with Gasteiger partial charge in [0, 0.05) is 17.7 Å². The molecule has 3 N–H and O–H groups in total. The van der Waals surface area contributed by atoms with E-state index in [9.17, 15) is 0 Å². The summed E-state index contributed by atoms with van der Waals surface area (Å²) in [5.74, 6) is 2.22. The number of hydrogen-bond acceptors (Lipinski definition) is 3. The van der Waals surface area contributed by atoms with Gasteiger partial charge in [-0.1, -0.05) is 30.3 Å². The predicted molar refractivity (Wildman–Crippen MR) is 108 cm³/mol. The first-order valence-electron chi connectivity index (χ1n) is 7.58. The molecule has 2 aromatic rings. The van der Waals surface area contributed by atoms with Gasteiger partial charge in [0.2, 0.25) is 0 Å². The number of nitrogens with two attached hydrogens (primary N) is 1. The summed E-state index contributed by atoms with van der Waals surface area (Å²) in [6, 6.07) is 16.2. The van der Waals surface area contributed by atoms with Crippen LogP contribution < -0.4 is 20.5 Å². The molecule has 3 rings (SSSR count). The quantitative estimate of drug-likeness (QED) is 0.425. The van der Waals surface area contributed by atoms with Gasteiger partial charge in [0.1, 0.15) is 0 Å². The summed E-state index contributed by atoms with van der Waals surface area (Å²) in [5, 5.41) is 3.10. The normalized spacial score (nSPS) is 19.2. The fraction of sp³-hybridized carbons (Fsp3) is 0.278. The van der Waals surface area contributed by atoms with Crippen molar-refractivity contribution in [1.29, 1.82) is 0 Å². The Balaban J connectivity index is 0.00000208. The Kier molecular flexibility index (Phi) is 6.30. The minimum absolute atomic E-state index is 0. The van der Waals surface area contributed by atoms with Gasteiger partial charge in [-0.05, 0) is 24.1 Å². The average Bonchev–Trinajstić information content (AvgIpc) is 3.34. The first kappa shape index (κ1) is 18.4. The van der Waals surface area contributed by atoms with Crippen LogP contribution in [0, 0.1) is 0 Å². The van der Waals surface area contributed by atoms with Gasteiger partial charge in [0.05, 0.1) is 20.3 Å². The maximum Gasteiger partial charge on any atom is 0.193 e. The fourth-order valence-corrected chi connectivity index (χ4v) is 2.66. The fourth-order valence-electron chi connectivity index (χ4n) is 2.66. The van der Waals surface area contributed by atoms with Gasteiger partial charge >= 0.3 is 0 Å². The number of rotatable bonds is 5. The number of ether oxygens (including phenoxy) is 2. The summed E-state index contributed by atoms with van der Waals surface area (Å²) >= 11 is 0. The Labute approximate surface area is 159 Å². The predicted octanol–water partition coefficient (Wildman–Crippen LogP) is 3.60. The van der Waals surface area contributed by atoms with Gasteiger partial charge in [0.25, 0.3) is 0 Å². The van der Waals surface area contributed by atoms with Crippen LogP contribution in [0.4, 0.5) is 5.69 Å². The molecule has 0 bridgehead atoms. The number of guanidine groups is 1.